The molecule has 0 aliphatic heterocycles. The molecule has 0 aromatic heterocycles. The molecule has 0 aliphatic carbocycles. The molecule has 1 aromatic rings. The van der Waals surface area contributed by atoms with Crippen molar-refractivity contribution >= 4 is 31.8 Å². The molecule has 0 fully saturated rings. The first kappa shape index (κ1) is 15.0. The van der Waals surface area contributed by atoms with E-state index in [-0.39, 0.29) is 18.3 Å². The van der Waals surface area contributed by atoms with E-state index in [0.717, 1.165) is 16.3 Å². The van der Waals surface area contributed by atoms with Crippen LogP contribution >= 0.6 is 15.9 Å². The van der Waals surface area contributed by atoms with Gasteiger partial charge >= 0.3 is 6.03 Å². The Morgan fingerprint density at radius 2 is 1.83 bits per heavy atom. The van der Waals surface area contributed by atoms with Crippen LogP contribution in [0.3, 0.4) is 0 Å². The van der Waals surface area contributed by atoms with E-state index in [0.29, 0.717) is 6.54 Å². The summed E-state index contributed by atoms with van der Waals surface area (Å²) in [7, 11) is -3.04. The average Bonchev–Trinajstić information content (AvgIpc) is 2.26. The van der Waals surface area contributed by atoms with E-state index in [1.807, 2.05) is 24.3 Å². The van der Waals surface area contributed by atoms with Crippen LogP contribution in [0.4, 0.5) is 4.79 Å². The molecule has 0 saturated carbocycles. The topological polar surface area (TPSA) is 75.3 Å². The lowest BCUT2D eigenvalue weighted by molar-refractivity contribution is 0.241. The quantitative estimate of drug-likeness (QED) is 0.852. The van der Waals surface area contributed by atoms with Gasteiger partial charge in [0.25, 0.3) is 0 Å². The summed E-state index contributed by atoms with van der Waals surface area (Å²) in [6.45, 7) is 0.517. The van der Waals surface area contributed by atoms with Crippen molar-refractivity contribution < 1.29 is 13.2 Å². The van der Waals surface area contributed by atoms with Gasteiger partial charge in [-0.1, -0.05) is 28.1 Å². The minimum atomic E-state index is -3.04. The van der Waals surface area contributed by atoms with Crippen LogP contribution in [0.25, 0.3) is 0 Å². The first-order valence-electron chi connectivity index (χ1n) is 5.31. The lowest BCUT2D eigenvalue weighted by Crippen LogP contribution is -2.37. The van der Waals surface area contributed by atoms with Crippen LogP contribution in [0.5, 0.6) is 0 Å². The van der Waals surface area contributed by atoms with Gasteiger partial charge in [-0.25, -0.2) is 13.2 Å². The average molecular weight is 335 g/mol. The molecule has 0 saturated heterocycles. The zero-order valence-electron chi connectivity index (χ0n) is 9.94. The van der Waals surface area contributed by atoms with Crippen LogP contribution in [0.2, 0.25) is 0 Å². The van der Waals surface area contributed by atoms with Crippen LogP contribution in [0.1, 0.15) is 5.56 Å². The Morgan fingerprint density at radius 3 is 2.39 bits per heavy atom. The molecular weight excluding hydrogens is 320 g/mol. The molecule has 5 nitrogen and oxygen atoms in total. The number of sulfone groups is 1. The fourth-order valence-electron chi connectivity index (χ4n) is 1.20. The Labute approximate surface area is 115 Å². The second kappa shape index (κ2) is 6.75. The molecule has 2 N–H and O–H groups in total. The molecule has 7 heteroatoms. The molecule has 1 rings (SSSR count). The summed E-state index contributed by atoms with van der Waals surface area (Å²) in [5.74, 6) is -0.0568. The number of carbonyl (C=O) groups excluding carboxylic acids is 1. The predicted molar refractivity (Wildman–Crippen MR) is 74.1 cm³/mol. The summed E-state index contributed by atoms with van der Waals surface area (Å²) in [6.07, 6.45) is 1.13. The second-order valence-electron chi connectivity index (χ2n) is 3.87. The van der Waals surface area contributed by atoms with E-state index in [4.69, 9.17) is 0 Å². The van der Waals surface area contributed by atoms with Crippen molar-refractivity contribution in [3.05, 3.63) is 34.3 Å². The summed E-state index contributed by atoms with van der Waals surface area (Å²) in [5.41, 5.74) is 0.969. The van der Waals surface area contributed by atoms with Gasteiger partial charge in [0.15, 0.2) is 0 Å². The van der Waals surface area contributed by atoms with Gasteiger partial charge < -0.3 is 10.6 Å². The molecule has 0 radical (unpaired) electrons. The maximum atomic E-state index is 11.3. The van der Waals surface area contributed by atoms with E-state index in [2.05, 4.69) is 26.6 Å². The highest BCUT2D eigenvalue weighted by atomic mass is 79.9. The molecule has 2 amide bonds. The maximum Gasteiger partial charge on any atom is 0.315 e. The van der Waals surface area contributed by atoms with Crippen LogP contribution in [-0.4, -0.2) is 33.0 Å². The summed E-state index contributed by atoms with van der Waals surface area (Å²) >= 11 is 3.32. The number of hydrogen-bond acceptors (Lipinski definition) is 3. The Bertz CT molecular complexity index is 500. The highest BCUT2D eigenvalue weighted by Crippen LogP contribution is 2.09. The number of urea groups is 1. The van der Waals surface area contributed by atoms with Gasteiger partial charge in [-0.2, -0.15) is 0 Å². The lowest BCUT2D eigenvalue weighted by atomic mass is 10.2. The summed E-state index contributed by atoms with van der Waals surface area (Å²) in [6, 6.07) is 7.18. The standard InChI is InChI=1S/C11H15BrN2O3S/c1-18(16,17)7-6-13-11(15)14-8-9-2-4-10(12)5-3-9/h2-5H,6-8H2,1H3,(H2,13,14,15). The molecule has 18 heavy (non-hydrogen) atoms. The number of benzene rings is 1. The fourth-order valence-corrected chi connectivity index (χ4v) is 1.93. The Morgan fingerprint density at radius 1 is 1.22 bits per heavy atom. The van der Waals surface area contributed by atoms with Gasteiger partial charge in [0, 0.05) is 23.8 Å². The van der Waals surface area contributed by atoms with Crippen LogP contribution in [0.15, 0.2) is 28.7 Å². The third kappa shape index (κ3) is 6.61. The molecule has 0 atom stereocenters. The summed E-state index contributed by atoms with van der Waals surface area (Å²) in [4.78, 5) is 11.3. The van der Waals surface area contributed by atoms with Crippen LogP contribution in [-0.2, 0) is 16.4 Å². The smallest absolute Gasteiger partial charge is 0.315 e. The molecule has 1 aromatic carbocycles. The summed E-state index contributed by atoms with van der Waals surface area (Å²) < 4.78 is 22.7. The Balaban J connectivity index is 2.27. The number of nitrogens with one attached hydrogen (secondary N) is 2. The number of carbonyl (C=O) groups is 1. The highest BCUT2D eigenvalue weighted by Gasteiger charge is 2.04. The maximum absolute atomic E-state index is 11.3. The predicted octanol–water partition coefficient (Wildman–Crippen LogP) is 1.29. The van der Waals surface area contributed by atoms with E-state index in [1.165, 1.54) is 0 Å². The van der Waals surface area contributed by atoms with E-state index in [1.54, 1.807) is 0 Å². The fraction of sp³-hybridized carbons (Fsp3) is 0.364. The van der Waals surface area contributed by atoms with Gasteiger partial charge in [0.05, 0.1) is 5.75 Å². The van der Waals surface area contributed by atoms with E-state index >= 15 is 0 Å². The number of amides is 2. The number of halogens is 1. The van der Waals surface area contributed by atoms with Crippen molar-refractivity contribution in [2.24, 2.45) is 0 Å². The highest BCUT2D eigenvalue weighted by molar-refractivity contribution is 9.10. The number of rotatable bonds is 5. The first-order chi connectivity index (χ1) is 8.37. The normalized spacial score (nSPS) is 11.0. The SMILES string of the molecule is CS(=O)(=O)CCNC(=O)NCc1ccc(Br)cc1. The van der Waals surface area contributed by atoms with E-state index < -0.39 is 9.84 Å². The third-order valence-corrected chi connectivity index (χ3v) is 3.60. The molecule has 0 heterocycles. The van der Waals surface area contributed by atoms with Crippen molar-refractivity contribution in [2.75, 3.05) is 18.6 Å². The second-order valence-corrected chi connectivity index (χ2v) is 7.04. The van der Waals surface area contributed by atoms with Gasteiger partial charge in [-0.15, -0.1) is 0 Å². The third-order valence-electron chi connectivity index (χ3n) is 2.12. The molecule has 0 aliphatic rings. The van der Waals surface area contributed by atoms with Gasteiger partial charge in [-0.3, -0.25) is 0 Å². The summed E-state index contributed by atoms with van der Waals surface area (Å²) in [5, 5.41) is 5.13. The van der Waals surface area contributed by atoms with Crippen LogP contribution < -0.4 is 10.6 Å². The molecule has 0 spiro atoms. The first-order valence-corrected chi connectivity index (χ1v) is 8.16. The van der Waals surface area contributed by atoms with Crippen molar-refractivity contribution in [3.8, 4) is 0 Å². The van der Waals surface area contributed by atoms with Gasteiger partial charge in [0.1, 0.15) is 9.84 Å². The van der Waals surface area contributed by atoms with Crippen molar-refractivity contribution in [3.63, 3.8) is 0 Å². The number of hydrogen-bond donors (Lipinski definition) is 2. The Hall–Kier alpha value is -1.08. The molecule has 0 bridgehead atoms. The van der Waals surface area contributed by atoms with Crippen LogP contribution in [0, 0.1) is 0 Å². The molecular formula is C11H15BrN2O3S. The monoisotopic (exact) mass is 334 g/mol. The zero-order chi connectivity index (χ0) is 13.6. The van der Waals surface area contributed by atoms with Gasteiger partial charge in [0.2, 0.25) is 0 Å². The van der Waals surface area contributed by atoms with Crippen molar-refractivity contribution in [1.29, 1.82) is 0 Å². The van der Waals surface area contributed by atoms with Crippen molar-refractivity contribution in [2.45, 2.75) is 6.54 Å². The Kier molecular flexibility index (Phi) is 5.61. The molecule has 100 valence electrons. The zero-order valence-corrected chi connectivity index (χ0v) is 12.3. The van der Waals surface area contributed by atoms with E-state index in [9.17, 15) is 13.2 Å². The minimum Gasteiger partial charge on any atom is -0.337 e. The lowest BCUT2D eigenvalue weighted by Gasteiger charge is -2.07. The largest absolute Gasteiger partial charge is 0.337 e. The minimum absolute atomic E-state index is 0.0568. The van der Waals surface area contributed by atoms with Crippen molar-refractivity contribution in [1.82, 2.24) is 10.6 Å². The molecule has 0 unspecified atom stereocenters. The van der Waals surface area contributed by atoms with Gasteiger partial charge in [-0.05, 0) is 17.7 Å².